The Balaban J connectivity index is 1.35. The number of anilines is 1. The van der Waals surface area contributed by atoms with E-state index in [2.05, 4.69) is 48.6 Å². The molecular formula is C17H14BrN5S2. The first-order chi connectivity index (χ1) is 12.3. The van der Waals surface area contributed by atoms with Crippen LogP contribution in [0.1, 0.15) is 11.3 Å². The maximum absolute atomic E-state index is 4.61. The highest BCUT2D eigenvalue weighted by atomic mass is 79.9. The molecule has 1 aromatic carbocycles. The number of pyridine rings is 1. The van der Waals surface area contributed by atoms with Crippen LogP contribution in [0.15, 0.2) is 63.7 Å². The van der Waals surface area contributed by atoms with Crippen LogP contribution >= 0.6 is 39.0 Å². The fourth-order valence-corrected chi connectivity index (χ4v) is 4.32. The van der Waals surface area contributed by atoms with Gasteiger partial charge >= 0.3 is 0 Å². The van der Waals surface area contributed by atoms with Gasteiger partial charge in [0.1, 0.15) is 5.65 Å². The highest BCUT2D eigenvalue weighted by molar-refractivity contribution is 9.10. The summed E-state index contributed by atoms with van der Waals surface area (Å²) in [6, 6.07) is 14.2. The third-order valence-corrected chi connectivity index (χ3v) is 6.02. The molecule has 0 unspecified atom stereocenters. The number of imidazole rings is 1. The number of aromatic nitrogens is 4. The molecule has 3 aromatic heterocycles. The summed E-state index contributed by atoms with van der Waals surface area (Å²) in [5.74, 6) is 0.770. The van der Waals surface area contributed by atoms with E-state index in [0.717, 1.165) is 37.6 Å². The van der Waals surface area contributed by atoms with Crippen LogP contribution in [-0.4, -0.2) is 19.6 Å². The summed E-state index contributed by atoms with van der Waals surface area (Å²) in [5, 5.41) is 12.6. The summed E-state index contributed by atoms with van der Waals surface area (Å²) >= 11 is 6.70. The molecule has 0 aliphatic heterocycles. The first kappa shape index (κ1) is 16.6. The van der Waals surface area contributed by atoms with Crippen LogP contribution in [0.3, 0.4) is 0 Å². The summed E-state index contributed by atoms with van der Waals surface area (Å²) in [7, 11) is 0. The third kappa shape index (κ3) is 4.20. The Bertz CT molecular complexity index is 983. The van der Waals surface area contributed by atoms with Gasteiger partial charge in [0.05, 0.1) is 5.69 Å². The number of benzene rings is 1. The second kappa shape index (κ2) is 7.55. The van der Waals surface area contributed by atoms with Gasteiger partial charge in [-0.15, -0.1) is 10.2 Å². The summed E-state index contributed by atoms with van der Waals surface area (Å²) in [6.07, 6.45) is 4.05. The second-order valence-electron chi connectivity index (χ2n) is 5.35. The summed E-state index contributed by atoms with van der Waals surface area (Å²) < 4.78 is 4.00. The van der Waals surface area contributed by atoms with Gasteiger partial charge in [-0.2, -0.15) is 0 Å². The molecule has 0 aliphatic rings. The van der Waals surface area contributed by atoms with Crippen LogP contribution in [0.4, 0.5) is 5.13 Å². The zero-order valence-corrected chi connectivity index (χ0v) is 16.3. The molecular weight excluding hydrogens is 418 g/mol. The van der Waals surface area contributed by atoms with Crippen molar-refractivity contribution in [2.45, 2.75) is 16.6 Å². The molecule has 0 atom stereocenters. The molecule has 0 saturated carbocycles. The standard InChI is InChI=1S/C17H14BrN5S2/c18-13-6-7-15-20-14(10-23(15)9-13)11-24-17-22-21-16(25-17)19-8-12-4-2-1-3-5-12/h1-7,9-10H,8,11H2,(H,19,21). The molecule has 0 amide bonds. The summed E-state index contributed by atoms with van der Waals surface area (Å²) in [5.41, 5.74) is 3.20. The van der Waals surface area contributed by atoms with Crippen LogP contribution in [0.2, 0.25) is 0 Å². The molecule has 5 nitrogen and oxygen atoms in total. The number of thioether (sulfide) groups is 1. The van der Waals surface area contributed by atoms with Crippen LogP contribution in [0, 0.1) is 0 Å². The molecule has 1 N–H and O–H groups in total. The van der Waals surface area contributed by atoms with Gasteiger partial charge in [0.15, 0.2) is 4.34 Å². The first-order valence-electron chi connectivity index (χ1n) is 7.63. The molecule has 0 bridgehead atoms. The number of nitrogens with zero attached hydrogens (tertiary/aromatic N) is 4. The van der Waals surface area contributed by atoms with Gasteiger partial charge in [0.2, 0.25) is 5.13 Å². The van der Waals surface area contributed by atoms with E-state index in [9.17, 15) is 0 Å². The highest BCUT2D eigenvalue weighted by Gasteiger charge is 2.07. The quantitative estimate of drug-likeness (QED) is 0.442. The minimum atomic E-state index is 0.751. The molecule has 0 saturated heterocycles. The van der Waals surface area contributed by atoms with E-state index < -0.39 is 0 Å². The average molecular weight is 432 g/mol. The van der Waals surface area contributed by atoms with Crippen molar-refractivity contribution < 1.29 is 0 Å². The van der Waals surface area contributed by atoms with E-state index >= 15 is 0 Å². The van der Waals surface area contributed by atoms with Crippen molar-refractivity contribution in [3.05, 3.63) is 70.6 Å². The second-order valence-corrected chi connectivity index (χ2v) is 8.46. The van der Waals surface area contributed by atoms with Crippen LogP contribution in [-0.2, 0) is 12.3 Å². The number of nitrogens with one attached hydrogen (secondary N) is 1. The van der Waals surface area contributed by atoms with Gasteiger partial charge in [0, 0.05) is 29.2 Å². The number of hydrogen-bond donors (Lipinski definition) is 1. The predicted molar refractivity (Wildman–Crippen MR) is 106 cm³/mol. The van der Waals surface area contributed by atoms with Crippen molar-refractivity contribution in [2.24, 2.45) is 0 Å². The number of fused-ring (bicyclic) bond motifs is 1. The van der Waals surface area contributed by atoms with Crippen molar-refractivity contribution in [1.29, 1.82) is 0 Å². The maximum Gasteiger partial charge on any atom is 0.206 e. The third-order valence-electron chi connectivity index (χ3n) is 3.50. The van der Waals surface area contributed by atoms with Crippen molar-refractivity contribution in [3.63, 3.8) is 0 Å². The SMILES string of the molecule is Brc1ccc2nc(CSc3nnc(NCc4ccccc4)s3)cn2c1. The van der Waals surface area contributed by atoms with Crippen LogP contribution < -0.4 is 5.32 Å². The van der Waals surface area contributed by atoms with E-state index in [1.807, 2.05) is 47.1 Å². The number of rotatable bonds is 6. The average Bonchev–Trinajstić information content (AvgIpc) is 3.25. The number of hydrogen-bond acceptors (Lipinski definition) is 6. The lowest BCUT2D eigenvalue weighted by atomic mass is 10.2. The highest BCUT2D eigenvalue weighted by Crippen LogP contribution is 2.28. The lowest BCUT2D eigenvalue weighted by molar-refractivity contribution is 0.994. The van der Waals surface area contributed by atoms with Crippen molar-refractivity contribution in [2.75, 3.05) is 5.32 Å². The van der Waals surface area contributed by atoms with Gasteiger partial charge in [0.25, 0.3) is 0 Å². The lowest BCUT2D eigenvalue weighted by Gasteiger charge is -2.00. The maximum atomic E-state index is 4.61. The van der Waals surface area contributed by atoms with Gasteiger partial charge < -0.3 is 9.72 Å². The largest absolute Gasteiger partial charge is 0.356 e. The summed E-state index contributed by atoms with van der Waals surface area (Å²) in [6.45, 7) is 0.751. The normalized spacial score (nSPS) is 11.1. The van der Waals surface area contributed by atoms with E-state index in [1.54, 1.807) is 23.1 Å². The topological polar surface area (TPSA) is 55.1 Å². The monoisotopic (exact) mass is 431 g/mol. The molecule has 4 rings (SSSR count). The Morgan fingerprint density at radius 2 is 1.96 bits per heavy atom. The Hall–Kier alpha value is -1.90. The van der Waals surface area contributed by atoms with Crippen LogP contribution in [0.5, 0.6) is 0 Å². The first-order valence-corrected chi connectivity index (χ1v) is 10.2. The van der Waals surface area contributed by atoms with Crippen molar-refractivity contribution in [1.82, 2.24) is 19.6 Å². The fourth-order valence-electron chi connectivity index (χ4n) is 2.34. The van der Waals surface area contributed by atoms with Gasteiger partial charge in [-0.3, -0.25) is 0 Å². The minimum Gasteiger partial charge on any atom is -0.356 e. The lowest BCUT2D eigenvalue weighted by Crippen LogP contribution is -1.98. The fraction of sp³-hybridized carbons (Fsp3) is 0.118. The molecule has 0 spiro atoms. The van der Waals surface area contributed by atoms with E-state index in [-0.39, 0.29) is 0 Å². The van der Waals surface area contributed by atoms with Gasteiger partial charge in [-0.05, 0) is 33.6 Å². The minimum absolute atomic E-state index is 0.751. The molecule has 0 aliphatic carbocycles. The summed E-state index contributed by atoms with van der Waals surface area (Å²) in [4.78, 5) is 4.61. The molecule has 0 fully saturated rings. The Labute approximate surface area is 161 Å². The van der Waals surface area contributed by atoms with Gasteiger partial charge in [-0.1, -0.05) is 53.4 Å². The Kier molecular flexibility index (Phi) is 5.00. The van der Waals surface area contributed by atoms with Crippen LogP contribution in [0.25, 0.3) is 5.65 Å². The van der Waals surface area contributed by atoms with Crippen molar-refractivity contribution in [3.8, 4) is 0 Å². The molecule has 25 heavy (non-hydrogen) atoms. The molecule has 8 heteroatoms. The number of halogens is 1. The molecule has 3 heterocycles. The van der Waals surface area contributed by atoms with E-state index in [4.69, 9.17) is 0 Å². The van der Waals surface area contributed by atoms with Gasteiger partial charge in [-0.25, -0.2) is 4.98 Å². The van der Waals surface area contributed by atoms with E-state index in [0.29, 0.717) is 0 Å². The van der Waals surface area contributed by atoms with E-state index in [1.165, 1.54) is 5.56 Å². The predicted octanol–water partition coefficient (Wildman–Crippen LogP) is 4.85. The zero-order valence-electron chi connectivity index (χ0n) is 13.1. The van der Waals surface area contributed by atoms with Crippen molar-refractivity contribution >= 4 is 49.8 Å². The molecule has 0 radical (unpaired) electrons. The Morgan fingerprint density at radius 3 is 2.84 bits per heavy atom. The molecule has 4 aromatic rings. The Morgan fingerprint density at radius 1 is 1.08 bits per heavy atom. The smallest absolute Gasteiger partial charge is 0.206 e. The molecule has 126 valence electrons. The zero-order chi connectivity index (χ0) is 17.1.